The molecule has 0 spiro atoms. The number of fused-ring (bicyclic) bond motifs is 1. The van der Waals surface area contributed by atoms with Crippen molar-refractivity contribution < 1.29 is 14.3 Å². The lowest BCUT2D eigenvalue weighted by atomic mass is 10.1. The van der Waals surface area contributed by atoms with Crippen LogP contribution in [-0.4, -0.2) is 46.5 Å². The number of para-hydroxylation sites is 1. The summed E-state index contributed by atoms with van der Waals surface area (Å²) >= 11 is 0. The van der Waals surface area contributed by atoms with Crippen LogP contribution in [0, 0.1) is 0 Å². The summed E-state index contributed by atoms with van der Waals surface area (Å²) < 4.78 is 13.2. The summed E-state index contributed by atoms with van der Waals surface area (Å²) in [6.45, 7) is 2.69. The minimum Gasteiger partial charge on any atom is -0.486 e. The highest BCUT2D eigenvalue weighted by atomic mass is 16.5. The van der Waals surface area contributed by atoms with Crippen molar-refractivity contribution in [2.24, 2.45) is 0 Å². The minimum atomic E-state index is -0.0195. The lowest BCUT2D eigenvalue weighted by Crippen LogP contribution is -2.40. The van der Waals surface area contributed by atoms with Gasteiger partial charge in [-0.25, -0.2) is 4.98 Å². The van der Waals surface area contributed by atoms with E-state index in [0.717, 1.165) is 11.3 Å². The van der Waals surface area contributed by atoms with Gasteiger partial charge in [-0.3, -0.25) is 4.79 Å². The first-order chi connectivity index (χ1) is 12.3. The Morgan fingerprint density at radius 1 is 1.12 bits per heavy atom. The molecule has 128 valence electrons. The van der Waals surface area contributed by atoms with Crippen LogP contribution < -0.4 is 4.74 Å². The van der Waals surface area contributed by atoms with Crippen molar-refractivity contribution in [1.82, 2.24) is 14.3 Å². The van der Waals surface area contributed by atoms with Gasteiger partial charge in [0.1, 0.15) is 18.0 Å². The number of morpholine rings is 1. The van der Waals surface area contributed by atoms with E-state index in [4.69, 9.17) is 9.47 Å². The normalized spacial score (nSPS) is 14.6. The van der Waals surface area contributed by atoms with Crippen LogP contribution in [0.4, 0.5) is 0 Å². The number of hydrogen-bond acceptors (Lipinski definition) is 4. The van der Waals surface area contributed by atoms with E-state index in [1.807, 2.05) is 53.2 Å². The van der Waals surface area contributed by atoms with Crippen LogP contribution in [-0.2, 0) is 11.3 Å². The number of nitrogens with zero attached hydrogens (tertiary/aromatic N) is 3. The number of pyridine rings is 1. The van der Waals surface area contributed by atoms with E-state index in [9.17, 15) is 4.79 Å². The summed E-state index contributed by atoms with van der Waals surface area (Å²) in [7, 11) is 0. The van der Waals surface area contributed by atoms with Crippen LogP contribution in [0.3, 0.4) is 0 Å². The highest BCUT2D eigenvalue weighted by Crippen LogP contribution is 2.21. The Kier molecular flexibility index (Phi) is 4.35. The molecule has 3 heterocycles. The van der Waals surface area contributed by atoms with E-state index in [0.29, 0.717) is 44.2 Å². The van der Waals surface area contributed by atoms with Gasteiger partial charge in [-0.1, -0.05) is 18.2 Å². The van der Waals surface area contributed by atoms with Crippen molar-refractivity contribution in [2.45, 2.75) is 6.61 Å². The van der Waals surface area contributed by atoms with Gasteiger partial charge < -0.3 is 18.8 Å². The number of hydrogen-bond donors (Lipinski definition) is 0. The molecule has 6 nitrogen and oxygen atoms in total. The van der Waals surface area contributed by atoms with E-state index < -0.39 is 0 Å². The summed E-state index contributed by atoms with van der Waals surface area (Å²) in [6.07, 6.45) is 3.88. The zero-order valence-electron chi connectivity index (χ0n) is 13.8. The van der Waals surface area contributed by atoms with Gasteiger partial charge in [-0.05, 0) is 24.3 Å². The molecule has 1 fully saturated rings. The van der Waals surface area contributed by atoms with Crippen LogP contribution in [0.1, 0.15) is 16.1 Å². The maximum atomic E-state index is 12.7. The molecule has 2 aromatic heterocycles. The van der Waals surface area contributed by atoms with Crippen molar-refractivity contribution in [3.05, 3.63) is 66.1 Å². The molecule has 3 aromatic rings. The minimum absolute atomic E-state index is 0.0195. The van der Waals surface area contributed by atoms with Crippen molar-refractivity contribution in [3.8, 4) is 5.75 Å². The van der Waals surface area contributed by atoms with Gasteiger partial charge in [0.15, 0.2) is 0 Å². The largest absolute Gasteiger partial charge is 0.486 e. The van der Waals surface area contributed by atoms with Gasteiger partial charge >= 0.3 is 0 Å². The molecule has 0 unspecified atom stereocenters. The summed E-state index contributed by atoms with van der Waals surface area (Å²) in [5.41, 5.74) is 2.27. The SMILES string of the molecule is O=C(c1ccccc1OCc1cn2ccccc2n1)N1CCOCC1. The van der Waals surface area contributed by atoms with Crippen LogP contribution in [0.2, 0.25) is 0 Å². The number of carbonyl (C=O) groups excluding carboxylic acids is 1. The van der Waals surface area contributed by atoms with Crippen molar-refractivity contribution in [1.29, 1.82) is 0 Å². The third-order valence-electron chi connectivity index (χ3n) is 4.21. The third kappa shape index (κ3) is 3.34. The Bertz CT molecular complexity index is 851. The molecule has 0 N–H and O–H groups in total. The zero-order valence-corrected chi connectivity index (χ0v) is 13.8. The molecule has 0 saturated carbocycles. The van der Waals surface area contributed by atoms with E-state index in [2.05, 4.69) is 4.98 Å². The van der Waals surface area contributed by atoms with Gasteiger partial charge in [0.25, 0.3) is 5.91 Å². The van der Waals surface area contributed by atoms with Gasteiger partial charge in [0.05, 0.1) is 24.5 Å². The van der Waals surface area contributed by atoms with Crippen molar-refractivity contribution >= 4 is 11.6 Å². The monoisotopic (exact) mass is 337 g/mol. The number of aromatic nitrogens is 2. The second-order valence-electron chi connectivity index (χ2n) is 5.89. The van der Waals surface area contributed by atoms with Crippen LogP contribution >= 0.6 is 0 Å². The highest BCUT2D eigenvalue weighted by molar-refractivity contribution is 5.97. The molecule has 4 rings (SSSR count). The van der Waals surface area contributed by atoms with Gasteiger partial charge in [0.2, 0.25) is 0 Å². The Labute approximate surface area is 145 Å². The Hall–Kier alpha value is -2.86. The average molecular weight is 337 g/mol. The molecular weight excluding hydrogens is 318 g/mol. The van der Waals surface area contributed by atoms with E-state index in [1.54, 1.807) is 11.0 Å². The number of rotatable bonds is 4. The second-order valence-corrected chi connectivity index (χ2v) is 5.89. The highest BCUT2D eigenvalue weighted by Gasteiger charge is 2.21. The van der Waals surface area contributed by atoms with E-state index in [1.165, 1.54) is 0 Å². The third-order valence-corrected chi connectivity index (χ3v) is 4.21. The van der Waals surface area contributed by atoms with Crippen LogP contribution in [0.25, 0.3) is 5.65 Å². The molecule has 1 aliphatic rings. The predicted molar refractivity (Wildman–Crippen MR) is 92.7 cm³/mol. The summed E-state index contributed by atoms with van der Waals surface area (Å²) in [4.78, 5) is 19.1. The lowest BCUT2D eigenvalue weighted by molar-refractivity contribution is 0.0300. The first-order valence-corrected chi connectivity index (χ1v) is 8.33. The van der Waals surface area contributed by atoms with Crippen LogP contribution in [0.5, 0.6) is 5.75 Å². The quantitative estimate of drug-likeness (QED) is 0.733. The number of imidazole rings is 1. The maximum absolute atomic E-state index is 12.7. The molecule has 1 aliphatic heterocycles. The summed E-state index contributed by atoms with van der Waals surface area (Å²) in [5, 5.41) is 0. The number of benzene rings is 1. The zero-order chi connectivity index (χ0) is 17.1. The van der Waals surface area contributed by atoms with E-state index >= 15 is 0 Å². The smallest absolute Gasteiger partial charge is 0.257 e. The molecule has 1 aromatic carbocycles. The van der Waals surface area contributed by atoms with Gasteiger partial charge in [-0.2, -0.15) is 0 Å². The van der Waals surface area contributed by atoms with Crippen molar-refractivity contribution in [2.75, 3.05) is 26.3 Å². The molecular formula is C19H19N3O3. The number of amides is 1. The topological polar surface area (TPSA) is 56.1 Å². The fourth-order valence-corrected chi connectivity index (χ4v) is 2.91. The fraction of sp³-hybridized carbons (Fsp3) is 0.263. The summed E-state index contributed by atoms with van der Waals surface area (Å²) in [5.74, 6) is 0.560. The molecule has 6 heteroatoms. The average Bonchev–Trinajstić information content (AvgIpc) is 3.10. The van der Waals surface area contributed by atoms with Crippen LogP contribution in [0.15, 0.2) is 54.9 Å². The Morgan fingerprint density at radius 2 is 1.92 bits per heavy atom. The van der Waals surface area contributed by atoms with Gasteiger partial charge in [0, 0.05) is 25.5 Å². The Morgan fingerprint density at radius 3 is 2.76 bits per heavy atom. The molecule has 1 amide bonds. The standard InChI is InChI=1S/C19H19N3O3/c23-19(21-9-11-24-12-10-21)16-5-1-2-6-17(16)25-14-15-13-22-8-4-3-7-18(22)20-15/h1-8,13H,9-12,14H2. The first kappa shape index (κ1) is 15.7. The predicted octanol–water partition coefficient (Wildman–Crippen LogP) is 2.39. The van der Waals surface area contributed by atoms with Crippen molar-refractivity contribution in [3.63, 3.8) is 0 Å². The molecule has 0 radical (unpaired) electrons. The maximum Gasteiger partial charge on any atom is 0.257 e. The van der Waals surface area contributed by atoms with E-state index in [-0.39, 0.29) is 5.91 Å². The molecule has 0 bridgehead atoms. The molecule has 0 aliphatic carbocycles. The molecule has 1 saturated heterocycles. The first-order valence-electron chi connectivity index (χ1n) is 8.33. The molecule has 25 heavy (non-hydrogen) atoms. The summed E-state index contributed by atoms with van der Waals surface area (Å²) in [6, 6.07) is 13.2. The fourth-order valence-electron chi connectivity index (χ4n) is 2.91. The number of ether oxygens (including phenoxy) is 2. The molecule has 0 atom stereocenters. The Balaban J connectivity index is 1.51. The number of carbonyl (C=O) groups is 1. The lowest BCUT2D eigenvalue weighted by Gasteiger charge is -2.27. The second kappa shape index (κ2) is 6.94. The van der Waals surface area contributed by atoms with Gasteiger partial charge in [-0.15, -0.1) is 0 Å².